The average Bonchev–Trinajstić information content (AvgIpc) is 2.31. The average molecular weight is 261 g/mol. The molecule has 0 aliphatic carbocycles. The molecule has 1 atom stereocenters. The van der Waals surface area contributed by atoms with Gasteiger partial charge in [-0.3, -0.25) is 0 Å². The highest BCUT2D eigenvalue weighted by molar-refractivity contribution is 5.27. The molecule has 19 heavy (non-hydrogen) atoms. The van der Waals surface area contributed by atoms with Crippen LogP contribution in [0.1, 0.15) is 52.0 Å². The summed E-state index contributed by atoms with van der Waals surface area (Å²) >= 11 is 0. The van der Waals surface area contributed by atoms with Crippen molar-refractivity contribution < 1.29 is 5.11 Å². The van der Waals surface area contributed by atoms with E-state index < -0.39 is 0 Å². The molecule has 0 amide bonds. The lowest BCUT2D eigenvalue weighted by Gasteiger charge is -2.43. The van der Waals surface area contributed by atoms with Crippen molar-refractivity contribution in [3.8, 4) is 5.75 Å². The van der Waals surface area contributed by atoms with Crippen molar-refractivity contribution in [3.05, 3.63) is 29.8 Å². The van der Waals surface area contributed by atoms with Crippen molar-refractivity contribution in [3.63, 3.8) is 0 Å². The summed E-state index contributed by atoms with van der Waals surface area (Å²) in [5.74, 6) is 0.352. The van der Waals surface area contributed by atoms with Crippen LogP contribution in [0, 0.1) is 5.41 Å². The van der Waals surface area contributed by atoms with Crippen LogP contribution in [0.4, 0.5) is 0 Å². The highest BCUT2D eigenvalue weighted by Gasteiger charge is 2.35. The largest absolute Gasteiger partial charge is 0.508 e. The van der Waals surface area contributed by atoms with Gasteiger partial charge in [-0.25, -0.2) is 0 Å². The van der Waals surface area contributed by atoms with Crippen LogP contribution in [0.25, 0.3) is 0 Å². The van der Waals surface area contributed by atoms with E-state index in [9.17, 15) is 5.11 Å². The van der Waals surface area contributed by atoms with Gasteiger partial charge in [-0.05, 0) is 55.3 Å². The zero-order valence-electron chi connectivity index (χ0n) is 12.5. The molecule has 1 aliphatic heterocycles. The maximum Gasteiger partial charge on any atom is 0.115 e. The van der Waals surface area contributed by atoms with E-state index in [1.54, 1.807) is 12.1 Å². The molecular formula is C17H27NO. The van der Waals surface area contributed by atoms with Gasteiger partial charge in [0.1, 0.15) is 5.75 Å². The lowest BCUT2D eigenvalue weighted by atomic mass is 9.72. The quantitative estimate of drug-likeness (QED) is 0.865. The fourth-order valence-electron chi connectivity index (χ4n) is 3.41. The van der Waals surface area contributed by atoms with Crippen molar-refractivity contribution in [2.24, 2.45) is 5.41 Å². The fourth-order valence-corrected chi connectivity index (χ4v) is 3.41. The number of phenolic OH excluding ortho intramolecular Hbond substituents is 1. The zero-order chi connectivity index (χ0) is 13.9. The van der Waals surface area contributed by atoms with Crippen LogP contribution in [-0.2, 0) is 6.42 Å². The smallest absolute Gasteiger partial charge is 0.115 e. The Morgan fingerprint density at radius 1 is 1.16 bits per heavy atom. The molecule has 1 aromatic carbocycles. The minimum absolute atomic E-state index is 0.230. The fraction of sp³-hybridized carbons (Fsp3) is 0.647. The predicted molar refractivity (Wildman–Crippen MR) is 80.5 cm³/mol. The Hall–Kier alpha value is -1.02. The number of phenols is 1. The van der Waals surface area contributed by atoms with Gasteiger partial charge < -0.3 is 10.4 Å². The molecule has 0 saturated carbocycles. The van der Waals surface area contributed by atoms with Crippen LogP contribution in [0.5, 0.6) is 5.75 Å². The molecule has 2 heteroatoms. The molecule has 0 bridgehead atoms. The Balaban J connectivity index is 2.15. The van der Waals surface area contributed by atoms with E-state index in [4.69, 9.17) is 0 Å². The molecule has 2 nitrogen and oxygen atoms in total. The molecule has 1 unspecified atom stereocenters. The highest BCUT2D eigenvalue weighted by Crippen LogP contribution is 2.35. The predicted octanol–water partition coefficient (Wildman–Crippen LogP) is 3.88. The topological polar surface area (TPSA) is 32.3 Å². The number of nitrogens with one attached hydrogen (secondary N) is 1. The van der Waals surface area contributed by atoms with Crippen LogP contribution in [0.2, 0.25) is 0 Å². The monoisotopic (exact) mass is 261 g/mol. The Morgan fingerprint density at radius 2 is 1.84 bits per heavy atom. The SMILES string of the molecule is CC(C)(C)CC1(Cc2ccc(O)cc2)CCCCN1. The summed E-state index contributed by atoms with van der Waals surface area (Å²) in [4.78, 5) is 0. The van der Waals surface area contributed by atoms with Gasteiger partial charge in [0, 0.05) is 5.54 Å². The molecule has 106 valence electrons. The van der Waals surface area contributed by atoms with Crippen molar-refractivity contribution >= 4 is 0 Å². The third kappa shape index (κ3) is 4.24. The summed E-state index contributed by atoms with van der Waals surface area (Å²) in [6.45, 7) is 8.10. The van der Waals surface area contributed by atoms with Gasteiger partial charge in [0.05, 0.1) is 0 Å². The van der Waals surface area contributed by atoms with Gasteiger partial charge in [-0.1, -0.05) is 39.3 Å². The third-order valence-electron chi connectivity index (χ3n) is 3.93. The number of benzene rings is 1. The van der Waals surface area contributed by atoms with Crippen molar-refractivity contribution in [1.29, 1.82) is 0 Å². The van der Waals surface area contributed by atoms with Gasteiger partial charge in [0.25, 0.3) is 0 Å². The van der Waals surface area contributed by atoms with Crippen LogP contribution in [0.15, 0.2) is 24.3 Å². The van der Waals surface area contributed by atoms with Gasteiger partial charge in [0.2, 0.25) is 0 Å². The Bertz CT molecular complexity index is 396. The Labute approximate surface area is 117 Å². The minimum atomic E-state index is 0.230. The summed E-state index contributed by atoms with van der Waals surface area (Å²) in [5.41, 5.74) is 1.88. The van der Waals surface area contributed by atoms with Crippen LogP contribution in [0.3, 0.4) is 0 Å². The summed E-state index contributed by atoms with van der Waals surface area (Å²) in [6, 6.07) is 7.69. The first-order valence-electron chi connectivity index (χ1n) is 7.42. The van der Waals surface area contributed by atoms with E-state index in [0.29, 0.717) is 11.2 Å². The van der Waals surface area contributed by atoms with Crippen LogP contribution < -0.4 is 5.32 Å². The van der Waals surface area contributed by atoms with E-state index >= 15 is 0 Å². The molecule has 2 N–H and O–H groups in total. The van der Waals surface area contributed by atoms with Gasteiger partial charge >= 0.3 is 0 Å². The molecule has 1 aliphatic rings. The first-order chi connectivity index (χ1) is 8.89. The summed E-state index contributed by atoms with van der Waals surface area (Å²) in [5, 5.41) is 13.2. The number of piperidine rings is 1. The second-order valence-electron chi connectivity index (χ2n) is 7.24. The summed E-state index contributed by atoms with van der Waals surface area (Å²) in [7, 11) is 0. The molecule has 0 aromatic heterocycles. The first kappa shape index (κ1) is 14.4. The number of hydrogen-bond donors (Lipinski definition) is 2. The van der Waals surface area contributed by atoms with E-state index in [0.717, 1.165) is 13.0 Å². The van der Waals surface area contributed by atoms with Crippen molar-refractivity contribution in [1.82, 2.24) is 5.32 Å². The molecule has 1 fully saturated rings. The molecule has 0 spiro atoms. The maximum atomic E-state index is 9.40. The molecular weight excluding hydrogens is 234 g/mol. The standard InChI is InChI=1S/C17H27NO/c1-16(2,3)13-17(10-4-5-11-18-17)12-14-6-8-15(19)9-7-14/h6-9,18-19H,4-5,10-13H2,1-3H3. The Morgan fingerprint density at radius 3 is 2.37 bits per heavy atom. The zero-order valence-corrected chi connectivity index (χ0v) is 12.5. The van der Waals surface area contributed by atoms with Crippen molar-refractivity contribution in [2.75, 3.05) is 6.54 Å². The highest BCUT2D eigenvalue weighted by atomic mass is 16.3. The van der Waals surface area contributed by atoms with E-state index in [1.807, 2.05) is 0 Å². The molecule has 1 saturated heterocycles. The number of aromatic hydroxyl groups is 1. The number of hydrogen-bond acceptors (Lipinski definition) is 2. The lowest BCUT2D eigenvalue weighted by Crippen LogP contribution is -2.52. The van der Waals surface area contributed by atoms with E-state index in [-0.39, 0.29) is 5.54 Å². The van der Waals surface area contributed by atoms with Gasteiger partial charge in [-0.2, -0.15) is 0 Å². The third-order valence-corrected chi connectivity index (χ3v) is 3.93. The van der Waals surface area contributed by atoms with E-state index in [2.05, 4.69) is 38.2 Å². The summed E-state index contributed by atoms with van der Waals surface area (Å²) in [6.07, 6.45) is 6.12. The second kappa shape index (κ2) is 5.54. The maximum absolute atomic E-state index is 9.40. The molecule has 0 radical (unpaired) electrons. The van der Waals surface area contributed by atoms with E-state index in [1.165, 1.54) is 31.2 Å². The molecule has 2 rings (SSSR count). The molecule has 1 heterocycles. The first-order valence-corrected chi connectivity index (χ1v) is 7.42. The second-order valence-corrected chi connectivity index (χ2v) is 7.24. The van der Waals surface area contributed by atoms with Crippen LogP contribution in [-0.4, -0.2) is 17.2 Å². The number of rotatable bonds is 3. The normalized spacial score (nSPS) is 24.4. The van der Waals surface area contributed by atoms with Gasteiger partial charge in [-0.15, -0.1) is 0 Å². The van der Waals surface area contributed by atoms with Gasteiger partial charge in [0.15, 0.2) is 0 Å². The lowest BCUT2D eigenvalue weighted by molar-refractivity contribution is 0.168. The summed E-state index contributed by atoms with van der Waals surface area (Å²) < 4.78 is 0. The van der Waals surface area contributed by atoms with Crippen LogP contribution >= 0.6 is 0 Å². The minimum Gasteiger partial charge on any atom is -0.508 e. The van der Waals surface area contributed by atoms with Crippen molar-refractivity contribution in [2.45, 2.75) is 58.4 Å². The Kier molecular flexibility index (Phi) is 4.19. The molecule has 1 aromatic rings.